The van der Waals surface area contributed by atoms with Gasteiger partial charge < -0.3 is 18.9 Å². The number of fused-ring (bicyclic) bond motifs is 1. The molecule has 0 bridgehead atoms. The van der Waals surface area contributed by atoms with E-state index in [1.165, 1.54) is 11.3 Å². The number of hydrogen-bond acceptors (Lipinski definition) is 8. The van der Waals surface area contributed by atoms with Crippen molar-refractivity contribution in [2.24, 2.45) is 0 Å². The minimum Gasteiger partial charge on any atom is -0.488 e. The predicted molar refractivity (Wildman–Crippen MR) is 139 cm³/mol. The number of hydrazine groups is 1. The van der Waals surface area contributed by atoms with Crippen molar-refractivity contribution in [3.05, 3.63) is 46.2 Å². The van der Waals surface area contributed by atoms with Gasteiger partial charge in [0.25, 0.3) is 5.91 Å². The molecule has 4 rings (SSSR count). The number of benzene rings is 1. The van der Waals surface area contributed by atoms with Gasteiger partial charge in [0.2, 0.25) is 5.91 Å². The Morgan fingerprint density at radius 3 is 2.49 bits per heavy atom. The van der Waals surface area contributed by atoms with Crippen LogP contribution in [-0.2, 0) is 16.0 Å². The molecule has 1 fully saturated rings. The van der Waals surface area contributed by atoms with Crippen molar-refractivity contribution in [3.8, 4) is 5.75 Å². The number of carbonyl (C=O) groups excluding carboxylic acids is 3. The minimum atomic E-state index is -0.551. The Balaban J connectivity index is 1.41. The molecule has 1 saturated heterocycles. The van der Waals surface area contributed by atoms with E-state index in [-0.39, 0.29) is 24.5 Å². The third-order valence-corrected chi connectivity index (χ3v) is 7.12. The first-order chi connectivity index (χ1) is 17.5. The summed E-state index contributed by atoms with van der Waals surface area (Å²) in [7, 11) is 0. The highest BCUT2D eigenvalue weighted by Crippen LogP contribution is 2.39. The number of nitrogens with one attached hydrogen (secondary N) is 2. The van der Waals surface area contributed by atoms with Gasteiger partial charge in [-0.25, -0.2) is 4.79 Å². The largest absolute Gasteiger partial charge is 0.488 e. The zero-order valence-electron chi connectivity index (χ0n) is 21.7. The number of ether oxygens (including phenoxy) is 2. The molecule has 0 saturated carbocycles. The van der Waals surface area contributed by atoms with E-state index < -0.39 is 11.5 Å². The van der Waals surface area contributed by atoms with Gasteiger partial charge in [-0.2, -0.15) is 0 Å². The van der Waals surface area contributed by atoms with E-state index in [1.54, 1.807) is 18.7 Å². The van der Waals surface area contributed by atoms with Gasteiger partial charge in [0.05, 0.1) is 12.1 Å². The van der Waals surface area contributed by atoms with E-state index in [2.05, 4.69) is 16.0 Å². The maximum Gasteiger partial charge on any atom is 0.410 e. The molecule has 3 aromatic rings. The number of likely N-dealkylation sites (tertiary alicyclic amines) is 1. The Bertz CT molecular complexity index is 1280. The van der Waals surface area contributed by atoms with Crippen LogP contribution in [0.4, 0.5) is 4.79 Å². The molecule has 0 atom stereocenters. The summed E-state index contributed by atoms with van der Waals surface area (Å²) in [5.41, 5.74) is 5.75. The molecule has 198 valence electrons. The summed E-state index contributed by atoms with van der Waals surface area (Å²) in [6.07, 6.45) is 0.752. The monoisotopic (exact) mass is 528 g/mol. The number of rotatable bonds is 5. The highest BCUT2D eigenvalue weighted by molar-refractivity contribution is 7.21. The Morgan fingerprint density at radius 1 is 1.14 bits per heavy atom. The number of aryl methyl sites for hydroxylation is 2. The second kappa shape index (κ2) is 10.8. The van der Waals surface area contributed by atoms with Gasteiger partial charge in [-0.05, 0) is 46.8 Å². The van der Waals surface area contributed by atoms with E-state index in [0.717, 1.165) is 10.1 Å². The van der Waals surface area contributed by atoms with Crippen LogP contribution in [0.25, 0.3) is 10.1 Å². The summed E-state index contributed by atoms with van der Waals surface area (Å²) >= 11 is 1.30. The summed E-state index contributed by atoms with van der Waals surface area (Å²) in [6, 6.07) is 7.61. The molecule has 3 amide bonds. The van der Waals surface area contributed by atoms with Crippen LogP contribution in [0.5, 0.6) is 5.75 Å². The first-order valence-electron chi connectivity index (χ1n) is 12.2. The Hall–Kier alpha value is -3.60. The molecule has 37 heavy (non-hydrogen) atoms. The van der Waals surface area contributed by atoms with Crippen LogP contribution in [0, 0.1) is 13.8 Å². The number of hydrogen-bond donors (Lipinski definition) is 2. The number of amides is 3. The van der Waals surface area contributed by atoms with Gasteiger partial charge in [-0.15, -0.1) is 11.3 Å². The van der Waals surface area contributed by atoms with Gasteiger partial charge in [0.1, 0.15) is 22.3 Å². The number of nitrogens with zero attached hydrogens (tertiary/aromatic N) is 2. The van der Waals surface area contributed by atoms with Crippen molar-refractivity contribution in [2.45, 2.75) is 65.6 Å². The molecule has 1 aromatic carbocycles. The van der Waals surface area contributed by atoms with E-state index in [0.29, 0.717) is 53.6 Å². The number of piperidine rings is 1. The molecule has 10 nitrogen and oxygen atoms in total. The van der Waals surface area contributed by atoms with Gasteiger partial charge in [-0.3, -0.25) is 20.4 Å². The maximum atomic E-state index is 13.1. The van der Waals surface area contributed by atoms with Crippen LogP contribution in [-0.4, -0.2) is 52.8 Å². The van der Waals surface area contributed by atoms with E-state index in [4.69, 9.17) is 14.0 Å². The quantitative estimate of drug-likeness (QED) is 0.474. The molecule has 2 aromatic heterocycles. The van der Waals surface area contributed by atoms with Crippen molar-refractivity contribution < 1.29 is 28.4 Å². The van der Waals surface area contributed by atoms with Gasteiger partial charge in [0.15, 0.2) is 5.75 Å². The molecule has 3 heterocycles. The number of thiophene rings is 1. The molecular weight excluding hydrogens is 496 g/mol. The first kappa shape index (κ1) is 26.5. The molecule has 1 aliphatic heterocycles. The lowest BCUT2D eigenvalue weighted by Crippen LogP contribution is -2.44. The average molecular weight is 529 g/mol. The molecule has 2 N–H and O–H groups in total. The molecule has 0 radical (unpaired) electrons. The van der Waals surface area contributed by atoms with Crippen molar-refractivity contribution in [1.29, 1.82) is 0 Å². The zero-order valence-corrected chi connectivity index (χ0v) is 22.5. The molecule has 0 aliphatic carbocycles. The fourth-order valence-electron chi connectivity index (χ4n) is 4.08. The normalized spacial score (nSPS) is 14.5. The summed E-state index contributed by atoms with van der Waals surface area (Å²) in [6.45, 7) is 10.0. The van der Waals surface area contributed by atoms with Crippen molar-refractivity contribution >= 4 is 39.3 Å². The summed E-state index contributed by atoms with van der Waals surface area (Å²) in [5, 5.41) is 4.68. The van der Waals surface area contributed by atoms with Crippen LogP contribution in [0.15, 0.2) is 28.8 Å². The summed E-state index contributed by atoms with van der Waals surface area (Å²) < 4.78 is 17.8. The van der Waals surface area contributed by atoms with E-state index >= 15 is 0 Å². The second-order valence-corrected chi connectivity index (χ2v) is 11.1. The lowest BCUT2D eigenvalue weighted by molar-refractivity contribution is -0.121. The lowest BCUT2D eigenvalue weighted by atomic mass is 10.1. The zero-order chi connectivity index (χ0) is 26.7. The van der Waals surface area contributed by atoms with Crippen LogP contribution in [0.3, 0.4) is 0 Å². The van der Waals surface area contributed by atoms with Crippen molar-refractivity contribution in [3.63, 3.8) is 0 Å². The maximum absolute atomic E-state index is 13.1. The SMILES string of the molecule is Cc1noc(C)c1CC(=O)NNC(=O)c1sc2ccccc2c1OC1CCN(C(=O)OC(C)(C)C)CC1. The molecule has 1 aliphatic rings. The molecule has 0 spiro atoms. The highest BCUT2D eigenvalue weighted by atomic mass is 32.1. The third kappa shape index (κ3) is 6.40. The average Bonchev–Trinajstić information content (AvgIpc) is 3.37. The number of carbonyl (C=O) groups is 3. The lowest BCUT2D eigenvalue weighted by Gasteiger charge is -2.33. The predicted octanol–water partition coefficient (Wildman–Crippen LogP) is 4.29. The molecular formula is C26H32N4O6S. The molecule has 11 heteroatoms. The second-order valence-electron chi connectivity index (χ2n) is 10.0. The topological polar surface area (TPSA) is 123 Å². The van der Waals surface area contributed by atoms with Crippen LogP contribution < -0.4 is 15.6 Å². The summed E-state index contributed by atoms with van der Waals surface area (Å²) in [4.78, 5) is 40.0. The van der Waals surface area contributed by atoms with Crippen LogP contribution in [0.1, 0.15) is 60.3 Å². The molecule has 0 unspecified atom stereocenters. The van der Waals surface area contributed by atoms with Gasteiger partial charge in [-0.1, -0.05) is 17.3 Å². The Morgan fingerprint density at radius 2 is 1.84 bits per heavy atom. The summed E-state index contributed by atoms with van der Waals surface area (Å²) in [5.74, 6) is 0.195. The minimum absolute atomic E-state index is 0.0352. The highest BCUT2D eigenvalue weighted by Gasteiger charge is 2.30. The van der Waals surface area contributed by atoms with Gasteiger partial charge in [0, 0.05) is 41.6 Å². The smallest absolute Gasteiger partial charge is 0.410 e. The standard InChI is InChI=1S/C26H32N4O6S/c1-15-19(16(2)36-29-15)14-21(31)27-28-24(32)23-22(18-8-6-7-9-20(18)37-23)34-17-10-12-30(13-11-17)25(33)35-26(3,4)5/h6-9,17H,10-14H2,1-5H3,(H,27,31)(H,28,32). The van der Waals surface area contributed by atoms with E-state index in [1.807, 2.05) is 45.0 Å². The van der Waals surface area contributed by atoms with Gasteiger partial charge >= 0.3 is 6.09 Å². The van der Waals surface area contributed by atoms with E-state index in [9.17, 15) is 14.4 Å². The Labute approximate surface area is 219 Å². The van der Waals surface area contributed by atoms with Crippen LogP contribution >= 0.6 is 11.3 Å². The van der Waals surface area contributed by atoms with Crippen molar-refractivity contribution in [1.82, 2.24) is 20.9 Å². The Kier molecular flexibility index (Phi) is 7.72. The van der Waals surface area contributed by atoms with Crippen LogP contribution in [0.2, 0.25) is 0 Å². The fourth-order valence-corrected chi connectivity index (χ4v) is 5.11. The number of aromatic nitrogens is 1. The third-order valence-electron chi connectivity index (χ3n) is 5.97. The first-order valence-corrected chi connectivity index (χ1v) is 13.0. The van der Waals surface area contributed by atoms with Crippen molar-refractivity contribution in [2.75, 3.05) is 13.1 Å². The fraction of sp³-hybridized carbons (Fsp3) is 0.462.